The zero-order valence-corrected chi connectivity index (χ0v) is 27.4. The van der Waals surface area contributed by atoms with E-state index in [4.69, 9.17) is 16.6 Å². The number of hydrogen-bond donors (Lipinski definition) is 0. The molecule has 3 atom stereocenters. The number of amides is 2. The van der Waals surface area contributed by atoms with Gasteiger partial charge in [0.1, 0.15) is 5.82 Å². The summed E-state index contributed by atoms with van der Waals surface area (Å²) in [6.45, 7) is 6.96. The number of aromatic nitrogens is 2. The van der Waals surface area contributed by atoms with Crippen molar-refractivity contribution in [2.45, 2.75) is 121 Å². The van der Waals surface area contributed by atoms with E-state index in [0.717, 1.165) is 74.4 Å². The predicted molar refractivity (Wildman–Crippen MR) is 171 cm³/mol. The SMILES string of the molecule is Cc1ccc(N(CCCN2[C@@H]3CC[C@H]2C[C@@H](n2c(C)nc4c2CCN(C(=O)C2CC2)C4)C3)C(=O)C2CCC(F)(F)CC2)cc1Cl. The van der Waals surface area contributed by atoms with Gasteiger partial charge in [-0.05, 0) is 89.3 Å². The van der Waals surface area contributed by atoms with Crippen molar-refractivity contribution in [3.63, 3.8) is 0 Å². The van der Waals surface area contributed by atoms with E-state index in [1.807, 2.05) is 34.9 Å². The molecule has 2 aromatic rings. The molecule has 2 saturated carbocycles. The average Bonchev–Trinajstić information content (AvgIpc) is 3.77. The van der Waals surface area contributed by atoms with E-state index >= 15 is 0 Å². The molecule has 1 aromatic heterocycles. The minimum Gasteiger partial charge on any atom is -0.336 e. The van der Waals surface area contributed by atoms with E-state index < -0.39 is 5.92 Å². The Bertz CT molecular complexity index is 1430. The number of piperidine rings is 1. The van der Waals surface area contributed by atoms with Gasteiger partial charge in [-0.3, -0.25) is 14.5 Å². The lowest BCUT2D eigenvalue weighted by molar-refractivity contribution is -0.133. The van der Waals surface area contributed by atoms with Crippen LogP contribution in [0, 0.1) is 25.7 Å². The summed E-state index contributed by atoms with van der Waals surface area (Å²) < 4.78 is 30.3. The van der Waals surface area contributed by atoms with Crippen LogP contribution in [0.2, 0.25) is 5.02 Å². The standard InChI is InChI=1S/C35H46ClF2N5O2/c1-22-4-7-28(20-30(22)36)42(34(45)25-10-13-35(37,38)14-11-25)16-3-15-41-26-8-9-27(41)19-29(18-26)43-23(2)39-31-21-40(17-12-32(31)43)33(44)24-5-6-24/h4,7,20,24-27,29H,3,5-6,8-19,21H2,1-2H3/t26-,27+,29+. The third-order valence-corrected chi connectivity index (χ3v) is 11.7. The molecule has 2 saturated heterocycles. The van der Waals surface area contributed by atoms with Gasteiger partial charge in [0.2, 0.25) is 17.7 Å². The van der Waals surface area contributed by atoms with Crippen LogP contribution in [0.1, 0.15) is 99.4 Å². The summed E-state index contributed by atoms with van der Waals surface area (Å²) in [5.74, 6) is -1.46. The van der Waals surface area contributed by atoms with Crippen LogP contribution in [0.3, 0.4) is 0 Å². The highest BCUT2D eigenvalue weighted by Gasteiger charge is 2.43. The van der Waals surface area contributed by atoms with Crippen LogP contribution in [0.25, 0.3) is 0 Å². The summed E-state index contributed by atoms with van der Waals surface area (Å²) in [4.78, 5) is 37.9. The predicted octanol–water partition coefficient (Wildman–Crippen LogP) is 6.86. The van der Waals surface area contributed by atoms with Crippen LogP contribution in [0.4, 0.5) is 14.5 Å². The van der Waals surface area contributed by atoms with Crippen molar-refractivity contribution < 1.29 is 18.4 Å². The Morgan fingerprint density at radius 2 is 1.71 bits per heavy atom. The number of imidazole rings is 1. The van der Waals surface area contributed by atoms with E-state index in [1.165, 1.54) is 18.5 Å². The van der Waals surface area contributed by atoms with Gasteiger partial charge in [-0.25, -0.2) is 13.8 Å². The smallest absolute Gasteiger partial charge is 0.248 e. The molecule has 0 radical (unpaired) electrons. The molecule has 5 aliphatic rings. The first-order valence-corrected chi connectivity index (χ1v) is 17.5. The second-order valence-corrected chi connectivity index (χ2v) is 14.8. The highest BCUT2D eigenvalue weighted by atomic mass is 35.5. The minimum absolute atomic E-state index is 0.0511. The molecule has 10 heteroatoms. The number of rotatable bonds is 8. The van der Waals surface area contributed by atoms with Crippen molar-refractivity contribution in [3.05, 3.63) is 46.0 Å². The van der Waals surface area contributed by atoms with E-state index in [1.54, 1.807) is 0 Å². The molecule has 3 aliphatic heterocycles. The van der Waals surface area contributed by atoms with Gasteiger partial charge in [0, 0.05) is 85.3 Å². The number of carbonyl (C=O) groups is 2. The number of fused-ring (bicyclic) bond motifs is 3. The van der Waals surface area contributed by atoms with Gasteiger partial charge in [0.15, 0.2) is 0 Å². The first-order valence-electron chi connectivity index (χ1n) is 17.1. The highest BCUT2D eigenvalue weighted by Crippen LogP contribution is 2.43. The number of halogens is 3. The lowest BCUT2D eigenvalue weighted by Crippen LogP contribution is -2.46. The third-order valence-electron chi connectivity index (χ3n) is 11.3. The van der Waals surface area contributed by atoms with Crippen LogP contribution in [0.15, 0.2) is 18.2 Å². The van der Waals surface area contributed by atoms with Gasteiger partial charge in [0.05, 0.1) is 12.2 Å². The lowest BCUT2D eigenvalue weighted by atomic mass is 9.85. The van der Waals surface area contributed by atoms with Gasteiger partial charge in [-0.1, -0.05) is 17.7 Å². The van der Waals surface area contributed by atoms with Crippen molar-refractivity contribution in [3.8, 4) is 0 Å². The molecule has 45 heavy (non-hydrogen) atoms. The molecule has 2 amide bonds. The maximum atomic E-state index is 13.9. The Kier molecular flexibility index (Phi) is 8.47. The van der Waals surface area contributed by atoms with Gasteiger partial charge in [-0.15, -0.1) is 0 Å². The summed E-state index contributed by atoms with van der Waals surface area (Å²) in [5.41, 5.74) is 4.12. The molecule has 0 unspecified atom stereocenters. The van der Waals surface area contributed by atoms with Crippen molar-refractivity contribution in [1.29, 1.82) is 0 Å². The summed E-state index contributed by atoms with van der Waals surface area (Å²) >= 11 is 6.47. The van der Waals surface area contributed by atoms with Crippen LogP contribution in [0.5, 0.6) is 0 Å². The first-order chi connectivity index (χ1) is 21.6. The van der Waals surface area contributed by atoms with Crippen LogP contribution >= 0.6 is 11.6 Å². The van der Waals surface area contributed by atoms with E-state index in [-0.39, 0.29) is 43.4 Å². The Hall–Kier alpha value is -2.52. The van der Waals surface area contributed by atoms with E-state index in [2.05, 4.69) is 16.4 Å². The Morgan fingerprint density at radius 3 is 2.38 bits per heavy atom. The largest absolute Gasteiger partial charge is 0.336 e. The van der Waals surface area contributed by atoms with Crippen LogP contribution in [-0.4, -0.2) is 68.8 Å². The molecular weight excluding hydrogens is 596 g/mol. The number of carbonyl (C=O) groups excluding carboxylic acids is 2. The normalized spacial score (nSPS) is 26.6. The van der Waals surface area contributed by atoms with Crippen LogP contribution < -0.4 is 4.90 Å². The van der Waals surface area contributed by atoms with Gasteiger partial charge >= 0.3 is 0 Å². The molecule has 0 N–H and O–H groups in total. The second-order valence-electron chi connectivity index (χ2n) is 14.4. The fourth-order valence-corrected chi connectivity index (χ4v) is 8.83. The van der Waals surface area contributed by atoms with Crippen LogP contribution in [-0.2, 0) is 22.6 Å². The Morgan fingerprint density at radius 1 is 1.00 bits per heavy atom. The van der Waals surface area contributed by atoms with Crippen molar-refractivity contribution in [1.82, 2.24) is 19.4 Å². The summed E-state index contributed by atoms with van der Waals surface area (Å²) in [6, 6.07) is 7.13. The zero-order chi connectivity index (χ0) is 31.5. The highest BCUT2D eigenvalue weighted by molar-refractivity contribution is 6.31. The fourth-order valence-electron chi connectivity index (χ4n) is 8.66. The first kappa shape index (κ1) is 31.1. The third kappa shape index (κ3) is 6.28. The Labute approximate surface area is 270 Å². The molecular formula is C35H46ClF2N5O2. The van der Waals surface area contributed by atoms with Crippen molar-refractivity contribution in [2.75, 3.05) is 24.5 Å². The molecule has 2 aliphatic carbocycles. The summed E-state index contributed by atoms with van der Waals surface area (Å²) in [5, 5.41) is 0.611. The molecule has 244 valence electrons. The summed E-state index contributed by atoms with van der Waals surface area (Å²) in [7, 11) is 0. The maximum absolute atomic E-state index is 13.9. The fraction of sp³-hybridized carbons (Fsp3) is 0.686. The van der Waals surface area contributed by atoms with E-state index in [9.17, 15) is 18.4 Å². The number of benzene rings is 1. The molecule has 7 nitrogen and oxygen atoms in total. The number of aryl methyl sites for hydroxylation is 2. The molecule has 0 spiro atoms. The van der Waals surface area contributed by atoms with Gasteiger partial charge in [-0.2, -0.15) is 0 Å². The average molecular weight is 642 g/mol. The quantitative estimate of drug-likeness (QED) is 0.316. The zero-order valence-electron chi connectivity index (χ0n) is 26.6. The van der Waals surface area contributed by atoms with Gasteiger partial charge < -0.3 is 14.4 Å². The topological polar surface area (TPSA) is 61.7 Å². The number of hydrogen-bond acceptors (Lipinski definition) is 4. The molecule has 7 rings (SSSR count). The van der Waals surface area contributed by atoms with Crippen molar-refractivity contribution >= 4 is 29.1 Å². The molecule has 4 fully saturated rings. The van der Waals surface area contributed by atoms with E-state index in [0.29, 0.717) is 42.1 Å². The molecule has 2 bridgehead atoms. The summed E-state index contributed by atoms with van der Waals surface area (Å²) in [6.07, 6.45) is 8.35. The maximum Gasteiger partial charge on any atom is 0.248 e. The lowest BCUT2D eigenvalue weighted by Gasteiger charge is -2.41. The number of anilines is 1. The second kappa shape index (κ2) is 12.3. The molecule has 1 aromatic carbocycles. The monoisotopic (exact) mass is 641 g/mol. The molecule has 4 heterocycles. The van der Waals surface area contributed by atoms with Gasteiger partial charge in [0.25, 0.3) is 0 Å². The number of alkyl halides is 2. The Balaban J connectivity index is 1.000. The van der Waals surface area contributed by atoms with Crippen molar-refractivity contribution in [2.24, 2.45) is 11.8 Å². The number of nitrogens with zero attached hydrogens (tertiary/aromatic N) is 5. The minimum atomic E-state index is -2.66.